The van der Waals surface area contributed by atoms with Crippen molar-refractivity contribution in [1.82, 2.24) is 4.90 Å². The summed E-state index contributed by atoms with van der Waals surface area (Å²) in [6.07, 6.45) is 1.12. The normalized spacial score (nSPS) is 19.7. The van der Waals surface area contributed by atoms with Crippen LogP contribution in [0.25, 0.3) is 0 Å². The fourth-order valence-electron chi connectivity index (χ4n) is 2.91. The van der Waals surface area contributed by atoms with E-state index in [-0.39, 0.29) is 28.0 Å². The monoisotopic (exact) mass is 384 g/mol. The van der Waals surface area contributed by atoms with E-state index in [4.69, 9.17) is 26.8 Å². The minimum absolute atomic E-state index is 0.0613. The predicted molar refractivity (Wildman–Crippen MR) is 93.6 cm³/mol. The number of carbonyl (C=O) groups excluding carboxylic acids is 2. The summed E-state index contributed by atoms with van der Waals surface area (Å²) in [5.74, 6) is -1.71. The summed E-state index contributed by atoms with van der Waals surface area (Å²) in [5, 5.41) is 9.50. The number of ether oxygens (including phenoxy) is 2. The molecule has 9 heteroatoms. The molecule has 0 aliphatic carbocycles. The molecule has 2 atom stereocenters. The predicted octanol–water partition coefficient (Wildman–Crippen LogP) is 1.54. The first kappa shape index (κ1) is 19.8. The summed E-state index contributed by atoms with van der Waals surface area (Å²) in [5.41, 5.74) is 5.23. The van der Waals surface area contributed by atoms with E-state index in [1.165, 1.54) is 24.1 Å². The molecule has 1 aliphatic heterocycles. The molecule has 0 spiro atoms. The van der Waals surface area contributed by atoms with E-state index in [1.807, 2.05) is 6.92 Å². The Hall–Kier alpha value is -2.48. The van der Waals surface area contributed by atoms with Crippen molar-refractivity contribution in [3.05, 3.63) is 22.7 Å². The molecule has 0 aromatic heterocycles. The van der Waals surface area contributed by atoms with Crippen LogP contribution in [0.2, 0.25) is 5.02 Å². The number of primary amides is 1. The van der Waals surface area contributed by atoms with E-state index in [1.54, 1.807) is 0 Å². The number of piperidine rings is 1. The Morgan fingerprint density at radius 2 is 2.08 bits per heavy atom. The zero-order chi connectivity index (χ0) is 19.4. The number of methoxy groups -OCH3 is 1. The minimum atomic E-state index is -1.04. The van der Waals surface area contributed by atoms with Crippen LogP contribution in [0.15, 0.2) is 12.1 Å². The van der Waals surface area contributed by atoms with Gasteiger partial charge < -0.3 is 25.2 Å². The van der Waals surface area contributed by atoms with Gasteiger partial charge in [-0.2, -0.15) is 0 Å². The van der Waals surface area contributed by atoms with Gasteiger partial charge in [0, 0.05) is 12.1 Å². The molecule has 3 N–H and O–H groups in total. The number of amides is 2. The second-order valence-corrected chi connectivity index (χ2v) is 6.63. The maximum atomic E-state index is 12.9. The van der Waals surface area contributed by atoms with Gasteiger partial charge in [-0.25, -0.2) is 4.79 Å². The van der Waals surface area contributed by atoms with Gasteiger partial charge in [-0.1, -0.05) is 18.5 Å². The molecule has 1 fully saturated rings. The van der Waals surface area contributed by atoms with Gasteiger partial charge in [0.1, 0.15) is 6.04 Å². The quantitative estimate of drug-likeness (QED) is 0.767. The maximum Gasteiger partial charge on any atom is 0.326 e. The van der Waals surface area contributed by atoms with Crippen molar-refractivity contribution in [3.8, 4) is 11.5 Å². The van der Waals surface area contributed by atoms with Crippen molar-refractivity contribution in [2.75, 3.05) is 20.3 Å². The van der Waals surface area contributed by atoms with E-state index in [2.05, 4.69) is 0 Å². The van der Waals surface area contributed by atoms with Crippen LogP contribution in [-0.4, -0.2) is 54.1 Å². The molecule has 8 nitrogen and oxygen atoms in total. The highest BCUT2D eigenvalue weighted by molar-refractivity contribution is 6.32. The Kier molecular flexibility index (Phi) is 6.31. The molecule has 0 radical (unpaired) electrons. The average Bonchev–Trinajstić information content (AvgIpc) is 2.59. The molecule has 1 heterocycles. The van der Waals surface area contributed by atoms with E-state index in [0.717, 1.165) is 6.42 Å². The molecule has 142 valence electrons. The first-order valence-electron chi connectivity index (χ1n) is 8.07. The molecule has 1 saturated heterocycles. The van der Waals surface area contributed by atoms with Gasteiger partial charge in [-0.05, 0) is 30.9 Å². The molecular weight excluding hydrogens is 364 g/mol. The molecular formula is C17H21ClN2O6. The summed E-state index contributed by atoms with van der Waals surface area (Å²) < 4.78 is 10.4. The lowest BCUT2D eigenvalue weighted by atomic mass is 9.92. The topological polar surface area (TPSA) is 119 Å². The number of halogens is 1. The van der Waals surface area contributed by atoms with Crippen LogP contribution < -0.4 is 15.2 Å². The highest BCUT2D eigenvalue weighted by Crippen LogP contribution is 2.37. The Labute approximate surface area is 155 Å². The van der Waals surface area contributed by atoms with Crippen LogP contribution >= 0.6 is 11.6 Å². The van der Waals surface area contributed by atoms with E-state index in [9.17, 15) is 19.5 Å². The Balaban J connectivity index is 2.32. The lowest BCUT2D eigenvalue weighted by Gasteiger charge is -2.36. The van der Waals surface area contributed by atoms with Crippen molar-refractivity contribution in [1.29, 1.82) is 0 Å². The third-order valence-electron chi connectivity index (χ3n) is 4.25. The van der Waals surface area contributed by atoms with Gasteiger partial charge in [0.25, 0.3) is 11.8 Å². The molecule has 0 saturated carbocycles. The lowest BCUT2D eigenvalue weighted by molar-refractivity contribution is -0.144. The van der Waals surface area contributed by atoms with Crippen LogP contribution in [0.1, 0.15) is 30.1 Å². The van der Waals surface area contributed by atoms with Gasteiger partial charge >= 0.3 is 5.97 Å². The van der Waals surface area contributed by atoms with Crippen LogP contribution in [0.3, 0.4) is 0 Å². The maximum absolute atomic E-state index is 12.9. The van der Waals surface area contributed by atoms with Gasteiger partial charge in [0.2, 0.25) is 0 Å². The molecule has 2 amide bonds. The third kappa shape index (κ3) is 4.37. The van der Waals surface area contributed by atoms with Crippen molar-refractivity contribution < 1.29 is 29.0 Å². The Bertz CT molecular complexity index is 723. The standard InChI is InChI=1S/C17H21ClN2O6/c1-9-3-4-20(12(5-9)17(23)24)16(22)10-6-11(18)15(13(7-10)25-2)26-8-14(19)21/h6-7,9,12H,3-5,8H2,1-2H3,(H2,19,21)(H,23,24). The second-order valence-electron chi connectivity index (χ2n) is 6.23. The summed E-state index contributed by atoms with van der Waals surface area (Å²) in [6.45, 7) is 1.91. The number of rotatable bonds is 6. The van der Waals surface area contributed by atoms with Gasteiger partial charge in [-0.15, -0.1) is 0 Å². The summed E-state index contributed by atoms with van der Waals surface area (Å²) in [4.78, 5) is 36.6. The number of nitrogens with two attached hydrogens (primary N) is 1. The third-order valence-corrected chi connectivity index (χ3v) is 4.53. The smallest absolute Gasteiger partial charge is 0.326 e. The van der Waals surface area contributed by atoms with Crippen LogP contribution in [0.4, 0.5) is 0 Å². The molecule has 1 aromatic rings. The van der Waals surface area contributed by atoms with Crippen LogP contribution in [0.5, 0.6) is 11.5 Å². The summed E-state index contributed by atoms with van der Waals surface area (Å²) >= 11 is 6.16. The summed E-state index contributed by atoms with van der Waals surface area (Å²) in [7, 11) is 1.36. The van der Waals surface area contributed by atoms with E-state index >= 15 is 0 Å². The number of carboxylic acid groups (broad SMARTS) is 1. The second kappa shape index (κ2) is 8.27. The molecule has 2 unspecified atom stereocenters. The van der Waals surface area contributed by atoms with Gasteiger partial charge in [0.05, 0.1) is 12.1 Å². The molecule has 26 heavy (non-hydrogen) atoms. The highest BCUT2D eigenvalue weighted by atomic mass is 35.5. The molecule has 1 aromatic carbocycles. The average molecular weight is 385 g/mol. The van der Waals surface area contributed by atoms with Gasteiger partial charge in [-0.3, -0.25) is 9.59 Å². The fraction of sp³-hybridized carbons (Fsp3) is 0.471. The minimum Gasteiger partial charge on any atom is -0.493 e. The van der Waals surface area contributed by atoms with Crippen molar-refractivity contribution in [2.24, 2.45) is 11.7 Å². The van der Waals surface area contributed by atoms with Crippen molar-refractivity contribution in [3.63, 3.8) is 0 Å². The first-order chi connectivity index (χ1) is 12.2. The molecule has 2 rings (SSSR count). The zero-order valence-electron chi connectivity index (χ0n) is 14.5. The number of benzene rings is 1. The largest absolute Gasteiger partial charge is 0.493 e. The fourth-order valence-corrected chi connectivity index (χ4v) is 3.18. The number of carbonyl (C=O) groups is 3. The van der Waals surface area contributed by atoms with Crippen LogP contribution in [-0.2, 0) is 9.59 Å². The number of likely N-dealkylation sites (tertiary alicyclic amines) is 1. The number of hydrogen-bond acceptors (Lipinski definition) is 5. The van der Waals surface area contributed by atoms with Crippen molar-refractivity contribution in [2.45, 2.75) is 25.8 Å². The van der Waals surface area contributed by atoms with Crippen LogP contribution in [0, 0.1) is 5.92 Å². The lowest BCUT2D eigenvalue weighted by Crippen LogP contribution is -2.49. The number of hydrogen-bond donors (Lipinski definition) is 2. The highest BCUT2D eigenvalue weighted by Gasteiger charge is 2.35. The first-order valence-corrected chi connectivity index (χ1v) is 8.44. The molecule has 1 aliphatic rings. The SMILES string of the molecule is COc1cc(C(=O)N2CCC(C)CC2C(=O)O)cc(Cl)c1OCC(N)=O. The number of nitrogens with zero attached hydrogens (tertiary/aromatic N) is 1. The van der Waals surface area contributed by atoms with Crippen molar-refractivity contribution >= 4 is 29.4 Å². The Morgan fingerprint density at radius 3 is 2.65 bits per heavy atom. The number of aliphatic carboxylic acids is 1. The zero-order valence-corrected chi connectivity index (χ0v) is 15.3. The van der Waals surface area contributed by atoms with E-state index in [0.29, 0.717) is 13.0 Å². The Morgan fingerprint density at radius 1 is 1.38 bits per heavy atom. The van der Waals surface area contributed by atoms with E-state index < -0.39 is 30.4 Å². The molecule has 0 bridgehead atoms. The van der Waals surface area contributed by atoms with Gasteiger partial charge in [0.15, 0.2) is 18.1 Å². The summed E-state index contributed by atoms with van der Waals surface area (Å²) in [6, 6.07) is 1.88. The number of carboxylic acids is 1.